The average molecular weight is 125 g/mol. The Bertz CT molecular complexity index is 128. The van der Waals surface area contributed by atoms with Crippen molar-refractivity contribution < 1.29 is 4.48 Å². The molecule has 1 heterocycles. The third kappa shape index (κ3) is 1.43. The lowest BCUT2D eigenvalue weighted by molar-refractivity contribution is -0.850. The van der Waals surface area contributed by atoms with Crippen LogP contribution in [0.4, 0.5) is 0 Å². The molecule has 0 atom stereocenters. The van der Waals surface area contributed by atoms with Gasteiger partial charge in [0.15, 0.2) is 0 Å². The van der Waals surface area contributed by atoms with E-state index in [4.69, 9.17) is 5.26 Å². The van der Waals surface area contributed by atoms with Crippen molar-refractivity contribution in [1.82, 2.24) is 0 Å². The van der Waals surface area contributed by atoms with Crippen LogP contribution in [0.3, 0.4) is 0 Å². The molecular weight excluding hydrogens is 112 g/mol. The predicted octanol–water partition coefficient (Wildman–Crippen LogP) is 1.10. The Hall–Kier alpha value is -0.550. The zero-order valence-electron chi connectivity index (χ0n) is 5.93. The molecule has 2 nitrogen and oxygen atoms in total. The fourth-order valence-electron chi connectivity index (χ4n) is 1.31. The van der Waals surface area contributed by atoms with Crippen LogP contribution in [0, 0.1) is 11.5 Å². The second-order valence-corrected chi connectivity index (χ2v) is 3.00. The van der Waals surface area contributed by atoms with Gasteiger partial charge >= 0.3 is 6.19 Å². The second-order valence-electron chi connectivity index (χ2n) is 3.00. The summed E-state index contributed by atoms with van der Waals surface area (Å²) >= 11 is 0. The molecule has 0 N–H and O–H groups in total. The molecule has 0 unspecified atom stereocenters. The lowest BCUT2D eigenvalue weighted by Crippen LogP contribution is -2.43. The maximum absolute atomic E-state index is 8.67. The third-order valence-corrected chi connectivity index (χ3v) is 2.04. The standard InChI is InChI=1S/C7H13N2/c1-9(7-8)5-3-2-4-6-9/h2-6H2,1H3/q+1. The highest BCUT2D eigenvalue weighted by Crippen LogP contribution is 2.13. The van der Waals surface area contributed by atoms with Crippen molar-refractivity contribution in [3.05, 3.63) is 0 Å². The van der Waals surface area contributed by atoms with Crippen LogP contribution in [0.25, 0.3) is 0 Å². The van der Waals surface area contributed by atoms with Crippen LogP contribution in [-0.2, 0) is 0 Å². The van der Waals surface area contributed by atoms with Gasteiger partial charge in [-0.2, -0.15) is 0 Å². The molecule has 1 aliphatic heterocycles. The minimum absolute atomic E-state index is 0.625. The van der Waals surface area contributed by atoms with E-state index in [0.29, 0.717) is 4.48 Å². The van der Waals surface area contributed by atoms with Gasteiger partial charge in [0.2, 0.25) is 0 Å². The van der Waals surface area contributed by atoms with Crippen LogP contribution >= 0.6 is 0 Å². The number of nitrogens with zero attached hydrogens (tertiary/aromatic N) is 2. The highest BCUT2D eigenvalue weighted by atomic mass is 15.3. The molecule has 0 aromatic heterocycles. The van der Waals surface area contributed by atoms with Gasteiger partial charge in [0.05, 0.1) is 20.1 Å². The first-order valence-corrected chi connectivity index (χ1v) is 3.53. The molecule has 0 aromatic rings. The van der Waals surface area contributed by atoms with Crippen LogP contribution < -0.4 is 0 Å². The first-order valence-electron chi connectivity index (χ1n) is 3.53. The second kappa shape index (κ2) is 2.36. The molecule has 0 spiro atoms. The van der Waals surface area contributed by atoms with Crippen LogP contribution in [0.1, 0.15) is 19.3 Å². The summed E-state index contributed by atoms with van der Waals surface area (Å²) in [5, 5.41) is 8.67. The lowest BCUT2D eigenvalue weighted by atomic mass is 10.1. The summed E-state index contributed by atoms with van der Waals surface area (Å²) < 4.78 is 0.625. The van der Waals surface area contributed by atoms with Crippen molar-refractivity contribution in [2.45, 2.75) is 19.3 Å². The number of rotatable bonds is 0. The van der Waals surface area contributed by atoms with Gasteiger partial charge in [-0.3, -0.25) is 0 Å². The van der Waals surface area contributed by atoms with Crippen molar-refractivity contribution in [2.75, 3.05) is 20.1 Å². The van der Waals surface area contributed by atoms with Gasteiger partial charge in [0.1, 0.15) is 0 Å². The van der Waals surface area contributed by atoms with E-state index in [9.17, 15) is 0 Å². The van der Waals surface area contributed by atoms with Crippen molar-refractivity contribution in [3.8, 4) is 6.19 Å². The summed E-state index contributed by atoms with van der Waals surface area (Å²) in [7, 11) is 2.01. The minimum atomic E-state index is 0.625. The number of piperidine rings is 1. The SMILES string of the molecule is C[N+]1(C#N)CCCCC1. The van der Waals surface area contributed by atoms with E-state index < -0.39 is 0 Å². The minimum Gasteiger partial charge on any atom is -0.226 e. The van der Waals surface area contributed by atoms with E-state index in [1.807, 2.05) is 7.05 Å². The third-order valence-electron chi connectivity index (χ3n) is 2.04. The quantitative estimate of drug-likeness (QED) is 0.351. The molecule has 1 saturated heterocycles. The van der Waals surface area contributed by atoms with Crippen LogP contribution in [0.2, 0.25) is 0 Å². The van der Waals surface area contributed by atoms with Gasteiger partial charge in [-0.05, 0) is 19.3 Å². The van der Waals surface area contributed by atoms with Gasteiger partial charge in [-0.25, -0.2) is 4.48 Å². The van der Waals surface area contributed by atoms with Crippen LogP contribution in [0.5, 0.6) is 0 Å². The Labute approximate surface area is 56.3 Å². The van der Waals surface area contributed by atoms with Crippen molar-refractivity contribution >= 4 is 0 Å². The molecule has 0 aromatic carbocycles. The molecule has 0 bridgehead atoms. The molecule has 0 radical (unpaired) electrons. The predicted molar refractivity (Wildman–Crippen MR) is 35.4 cm³/mol. The van der Waals surface area contributed by atoms with Crippen LogP contribution in [-0.4, -0.2) is 24.6 Å². The maximum atomic E-state index is 8.67. The Morgan fingerprint density at radius 3 is 2.11 bits per heavy atom. The fourth-order valence-corrected chi connectivity index (χ4v) is 1.31. The Morgan fingerprint density at radius 1 is 1.22 bits per heavy atom. The molecule has 2 heteroatoms. The number of hydrogen-bond donors (Lipinski definition) is 0. The van der Waals surface area contributed by atoms with Crippen molar-refractivity contribution in [1.29, 1.82) is 5.26 Å². The van der Waals surface area contributed by atoms with Crippen molar-refractivity contribution in [3.63, 3.8) is 0 Å². The number of nitriles is 1. The molecular formula is C7H13N2+. The molecule has 0 aliphatic carbocycles. The Kier molecular flexibility index (Phi) is 1.73. The van der Waals surface area contributed by atoms with Gasteiger partial charge in [-0.15, -0.1) is 5.26 Å². The lowest BCUT2D eigenvalue weighted by Gasteiger charge is -2.28. The largest absolute Gasteiger partial charge is 0.308 e. The fraction of sp³-hybridized carbons (Fsp3) is 0.857. The molecule has 1 fully saturated rings. The molecule has 50 valence electrons. The monoisotopic (exact) mass is 125 g/mol. The van der Waals surface area contributed by atoms with E-state index in [2.05, 4.69) is 6.19 Å². The summed E-state index contributed by atoms with van der Waals surface area (Å²) in [6.45, 7) is 2.10. The van der Waals surface area contributed by atoms with Gasteiger partial charge in [0.25, 0.3) is 0 Å². The topological polar surface area (TPSA) is 23.8 Å². The van der Waals surface area contributed by atoms with E-state index >= 15 is 0 Å². The average Bonchev–Trinajstić information content (AvgIpc) is 1.90. The first-order chi connectivity index (χ1) is 4.27. The van der Waals surface area contributed by atoms with E-state index in [1.54, 1.807) is 0 Å². The smallest absolute Gasteiger partial charge is 0.226 e. The number of likely N-dealkylation sites (tertiary alicyclic amines) is 1. The number of hydrogen-bond acceptors (Lipinski definition) is 1. The Balaban J connectivity index is 2.49. The molecule has 9 heavy (non-hydrogen) atoms. The Morgan fingerprint density at radius 2 is 1.78 bits per heavy atom. The highest BCUT2D eigenvalue weighted by Gasteiger charge is 2.23. The highest BCUT2D eigenvalue weighted by molar-refractivity contribution is 4.60. The van der Waals surface area contributed by atoms with Gasteiger partial charge in [0, 0.05) is 0 Å². The zero-order valence-corrected chi connectivity index (χ0v) is 5.93. The summed E-state index contributed by atoms with van der Waals surface area (Å²) in [4.78, 5) is 0. The zero-order chi connectivity index (χ0) is 6.74. The normalized spacial score (nSPS) is 24.9. The van der Waals surface area contributed by atoms with E-state index in [-0.39, 0.29) is 0 Å². The molecule has 1 rings (SSSR count). The molecule has 0 saturated carbocycles. The van der Waals surface area contributed by atoms with Gasteiger partial charge < -0.3 is 0 Å². The summed E-state index contributed by atoms with van der Waals surface area (Å²) in [6.07, 6.45) is 6.09. The summed E-state index contributed by atoms with van der Waals surface area (Å²) in [5.74, 6) is 0. The van der Waals surface area contributed by atoms with E-state index in [1.165, 1.54) is 19.3 Å². The van der Waals surface area contributed by atoms with Gasteiger partial charge in [-0.1, -0.05) is 0 Å². The molecule has 0 amide bonds. The summed E-state index contributed by atoms with van der Waals surface area (Å²) in [5.41, 5.74) is 0. The van der Waals surface area contributed by atoms with E-state index in [0.717, 1.165) is 13.1 Å². The van der Waals surface area contributed by atoms with Crippen LogP contribution in [0.15, 0.2) is 0 Å². The number of quaternary nitrogens is 1. The van der Waals surface area contributed by atoms with Crippen molar-refractivity contribution in [2.24, 2.45) is 0 Å². The summed E-state index contributed by atoms with van der Waals surface area (Å²) in [6, 6.07) is 0. The first kappa shape index (κ1) is 6.57. The maximum Gasteiger partial charge on any atom is 0.308 e. The molecule has 1 aliphatic rings.